The van der Waals surface area contributed by atoms with Crippen LogP contribution < -0.4 is 9.64 Å². The van der Waals surface area contributed by atoms with Gasteiger partial charge in [-0.1, -0.05) is 48.5 Å². The van der Waals surface area contributed by atoms with Gasteiger partial charge >= 0.3 is 12.1 Å². The van der Waals surface area contributed by atoms with Crippen LogP contribution in [0.1, 0.15) is 32.3 Å². The molecule has 0 fully saturated rings. The number of carbonyl (C=O) groups is 2. The van der Waals surface area contributed by atoms with Crippen molar-refractivity contribution in [1.29, 1.82) is 0 Å². The third-order valence-electron chi connectivity index (χ3n) is 7.55. The summed E-state index contributed by atoms with van der Waals surface area (Å²) >= 11 is 0. The van der Waals surface area contributed by atoms with E-state index < -0.39 is 23.2 Å². The summed E-state index contributed by atoms with van der Waals surface area (Å²) in [5.74, 6) is 0.676. The largest absolute Gasteiger partial charge is 0.459 e. The van der Waals surface area contributed by atoms with Crippen molar-refractivity contribution in [2.24, 2.45) is 4.99 Å². The van der Waals surface area contributed by atoms with Crippen molar-refractivity contribution in [2.45, 2.75) is 37.8 Å². The van der Waals surface area contributed by atoms with Crippen LogP contribution in [0.4, 0.5) is 20.2 Å². The van der Waals surface area contributed by atoms with Crippen LogP contribution in [0, 0.1) is 0 Å². The summed E-state index contributed by atoms with van der Waals surface area (Å²) < 4.78 is 32.8. The number of fused-ring (bicyclic) bond motifs is 4. The Morgan fingerprint density at radius 3 is 2.32 bits per heavy atom. The number of hydrogen-bond acceptors (Lipinski definition) is 6. The molecular weight excluding hydrogens is 476 g/mol. The lowest BCUT2D eigenvalue weighted by Gasteiger charge is -2.46. The number of nitrogens with zero attached hydrogens (tertiary/aromatic N) is 3. The molecule has 1 spiro atoms. The van der Waals surface area contributed by atoms with E-state index in [1.807, 2.05) is 60.8 Å². The molecule has 2 aliphatic heterocycles. The van der Waals surface area contributed by atoms with Crippen molar-refractivity contribution in [3.05, 3.63) is 66.2 Å². The number of anilines is 1. The Kier molecular flexibility index (Phi) is 6.54. The molecule has 0 saturated heterocycles. The Hall–Kier alpha value is -3.65. The van der Waals surface area contributed by atoms with Crippen LogP contribution in [0.15, 0.2) is 65.7 Å². The maximum absolute atomic E-state index is 13.0. The predicted molar refractivity (Wildman–Crippen MR) is 140 cm³/mol. The lowest BCUT2D eigenvalue weighted by molar-refractivity contribution is -0.129. The summed E-state index contributed by atoms with van der Waals surface area (Å²) in [6.45, 7) is 5.22. The second-order valence-electron chi connectivity index (χ2n) is 10.0. The number of benzene rings is 3. The molecule has 37 heavy (non-hydrogen) atoms. The molecule has 8 heteroatoms. The Balaban J connectivity index is 1.51. The number of halogens is 2. The van der Waals surface area contributed by atoms with Crippen LogP contribution in [-0.2, 0) is 15.0 Å². The number of carbonyl (C=O) groups excluding carboxylic acids is 2. The Morgan fingerprint density at radius 1 is 0.919 bits per heavy atom. The summed E-state index contributed by atoms with van der Waals surface area (Å²) in [6.07, 6.45) is 1.24. The lowest BCUT2D eigenvalue weighted by Crippen LogP contribution is -2.63. The maximum atomic E-state index is 13.0. The monoisotopic (exact) mass is 505 g/mol. The molecule has 5 rings (SSSR count). The van der Waals surface area contributed by atoms with Gasteiger partial charge in [-0.3, -0.25) is 14.6 Å². The van der Waals surface area contributed by atoms with Gasteiger partial charge in [0.1, 0.15) is 11.4 Å². The highest BCUT2D eigenvalue weighted by atomic mass is 19.1. The highest BCUT2D eigenvalue weighted by Crippen LogP contribution is 2.54. The molecule has 0 aromatic heterocycles. The molecule has 0 N–H and O–H groups in total. The fourth-order valence-corrected chi connectivity index (χ4v) is 5.51. The van der Waals surface area contributed by atoms with Gasteiger partial charge in [0.15, 0.2) is 0 Å². The van der Waals surface area contributed by atoms with Gasteiger partial charge in [-0.15, -0.1) is 0 Å². The molecule has 1 atom stereocenters. The number of aliphatic imine (C=N–C) groups is 1. The minimum atomic E-state index is -1.44. The molecule has 6 nitrogen and oxygen atoms in total. The van der Waals surface area contributed by atoms with Crippen LogP contribution in [0.3, 0.4) is 0 Å². The smallest absolute Gasteiger partial charge is 0.302 e. The zero-order valence-electron chi connectivity index (χ0n) is 20.9. The molecule has 0 amide bonds. The predicted octanol–water partition coefficient (Wildman–Crippen LogP) is 5.50. The molecule has 0 radical (unpaired) electrons. The fourth-order valence-electron chi connectivity index (χ4n) is 5.51. The van der Waals surface area contributed by atoms with E-state index in [0.717, 1.165) is 27.7 Å². The first-order valence-electron chi connectivity index (χ1n) is 12.4. The summed E-state index contributed by atoms with van der Waals surface area (Å²) in [5.41, 5.74) is 1.40. The van der Waals surface area contributed by atoms with E-state index in [-0.39, 0.29) is 25.9 Å². The Labute approximate surface area is 214 Å². The van der Waals surface area contributed by atoms with Crippen LogP contribution >= 0.6 is 0 Å². The lowest BCUT2D eigenvalue weighted by atomic mass is 9.77. The molecule has 2 aliphatic rings. The number of ether oxygens (including phenoxy) is 1. The molecule has 3 aromatic carbocycles. The minimum absolute atomic E-state index is 0.0955. The van der Waals surface area contributed by atoms with Crippen molar-refractivity contribution in [3.63, 3.8) is 0 Å². The summed E-state index contributed by atoms with van der Waals surface area (Å²) in [5, 5.41) is 2.08. The van der Waals surface area contributed by atoms with Crippen molar-refractivity contribution >= 4 is 40.4 Å². The van der Waals surface area contributed by atoms with Crippen LogP contribution in [0.25, 0.3) is 10.8 Å². The second-order valence-corrected chi connectivity index (χ2v) is 10.0. The normalized spacial score (nSPS) is 19.2. The fraction of sp³-hybridized carbons (Fsp3) is 0.345. The molecule has 192 valence electrons. The summed E-state index contributed by atoms with van der Waals surface area (Å²) in [6, 6.07) is 17.2. The van der Waals surface area contributed by atoms with Crippen LogP contribution in [0.5, 0.6) is 5.75 Å². The van der Waals surface area contributed by atoms with Gasteiger partial charge in [0.05, 0.1) is 24.5 Å². The zero-order chi connectivity index (χ0) is 26.2. The average molecular weight is 506 g/mol. The zero-order valence-corrected chi connectivity index (χ0v) is 20.9. The SMILES string of the molecule is CC1(C)c2ccccc2N(CCN(CCC(=O)F)CCC(=O)F)C12C=Nc1c(ccc3ccccc13)O2. The first-order valence-corrected chi connectivity index (χ1v) is 12.4. The van der Waals surface area contributed by atoms with Gasteiger partial charge in [0.2, 0.25) is 5.72 Å². The molecule has 0 aliphatic carbocycles. The third-order valence-corrected chi connectivity index (χ3v) is 7.55. The van der Waals surface area contributed by atoms with E-state index in [1.54, 1.807) is 4.90 Å². The average Bonchev–Trinajstić information content (AvgIpc) is 3.06. The highest BCUT2D eigenvalue weighted by molar-refractivity contribution is 5.99. The van der Waals surface area contributed by atoms with Gasteiger partial charge in [0.25, 0.3) is 0 Å². The van der Waals surface area contributed by atoms with Crippen LogP contribution in [-0.4, -0.2) is 55.1 Å². The molecule has 2 heterocycles. The van der Waals surface area contributed by atoms with Crippen molar-refractivity contribution in [2.75, 3.05) is 31.1 Å². The van der Waals surface area contributed by atoms with Crippen LogP contribution in [0.2, 0.25) is 0 Å². The van der Waals surface area contributed by atoms with Gasteiger partial charge in [0, 0.05) is 37.3 Å². The topological polar surface area (TPSA) is 62.2 Å². The number of para-hydroxylation sites is 1. The van der Waals surface area contributed by atoms with E-state index >= 15 is 0 Å². The van der Waals surface area contributed by atoms with Crippen molar-refractivity contribution in [3.8, 4) is 5.75 Å². The minimum Gasteiger partial charge on any atom is -0.459 e. The summed E-state index contributed by atoms with van der Waals surface area (Å²) in [4.78, 5) is 30.7. The van der Waals surface area contributed by atoms with Gasteiger partial charge in [-0.2, -0.15) is 8.78 Å². The van der Waals surface area contributed by atoms with E-state index in [1.165, 1.54) is 0 Å². The second kappa shape index (κ2) is 9.67. The molecular formula is C29H29F2N3O3. The molecule has 0 saturated carbocycles. The standard InChI is InChI=1S/C29H29F2N3O3/c1-28(2)22-9-5-6-10-23(22)34(18-17-33(15-13-25(30)35)16-14-26(31)36)29(28)19-32-27-21-8-4-3-7-20(21)11-12-24(27)37-29/h3-12,19H,13-18H2,1-2H3. The van der Waals surface area contributed by atoms with Gasteiger partial charge < -0.3 is 14.5 Å². The third kappa shape index (κ3) is 4.39. The van der Waals surface area contributed by atoms with E-state index in [9.17, 15) is 18.4 Å². The van der Waals surface area contributed by atoms with Crippen molar-refractivity contribution in [1.82, 2.24) is 4.90 Å². The first-order chi connectivity index (χ1) is 17.7. The number of rotatable bonds is 9. The Morgan fingerprint density at radius 2 is 1.59 bits per heavy atom. The molecule has 0 bridgehead atoms. The van der Waals surface area contributed by atoms with E-state index in [0.29, 0.717) is 18.8 Å². The molecule has 1 unspecified atom stereocenters. The van der Waals surface area contributed by atoms with Crippen molar-refractivity contribution < 1.29 is 23.1 Å². The van der Waals surface area contributed by atoms with Gasteiger partial charge in [-0.25, -0.2) is 0 Å². The quantitative estimate of drug-likeness (QED) is 0.359. The first kappa shape index (κ1) is 25.0. The number of hydrogen-bond donors (Lipinski definition) is 0. The van der Waals surface area contributed by atoms with Gasteiger partial charge in [-0.05, 0) is 36.9 Å². The molecule has 3 aromatic rings. The maximum Gasteiger partial charge on any atom is 0.302 e. The Bertz CT molecular complexity index is 1370. The highest BCUT2D eigenvalue weighted by Gasteiger charge is 2.59. The van der Waals surface area contributed by atoms with E-state index in [4.69, 9.17) is 9.73 Å². The summed E-state index contributed by atoms with van der Waals surface area (Å²) in [7, 11) is 0. The van der Waals surface area contributed by atoms with E-state index in [2.05, 4.69) is 24.8 Å².